The van der Waals surface area contributed by atoms with Gasteiger partial charge < -0.3 is 5.21 Å². The average Bonchev–Trinajstić information content (AvgIpc) is 2.80. The van der Waals surface area contributed by atoms with Crippen LogP contribution in [0.4, 0.5) is 0 Å². The summed E-state index contributed by atoms with van der Waals surface area (Å²) in [4.78, 5) is 0. The van der Waals surface area contributed by atoms with Gasteiger partial charge in [0.05, 0.1) is 11.2 Å². The molecule has 3 rings (SSSR count). The van der Waals surface area contributed by atoms with E-state index in [9.17, 15) is 5.21 Å². The summed E-state index contributed by atoms with van der Waals surface area (Å²) in [6.07, 6.45) is 5.65. The molecule has 0 aliphatic rings. The molecule has 2 nitrogen and oxygen atoms in total. The molecule has 3 aromatic rings. The van der Waals surface area contributed by atoms with Crippen LogP contribution in [0.2, 0.25) is 0 Å². The first-order valence-electron chi connectivity index (χ1n) is 6.94. The Bertz CT molecular complexity index is 826. The lowest BCUT2D eigenvalue weighted by Crippen LogP contribution is -1.92. The fourth-order valence-electron chi connectivity index (χ4n) is 2.67. The molecule has 0 radical (unpaired) electrons. The molecular weight excluding hydrogens is 258 g/mol. The largest absolute Gasteiger partial charge is 0.428 e. The van der Waals surface area contributed by atoms with Crippen LogP contribution < -0.4 is 0 Å². The minimum atomic E-state index is 0.716. The number of benzene rings is 2. The second kappa shape index (κ2) is 5.33. The summed E-state index contributed by atoms with van der Waals surface area (Å²) >= 11 is 0. The minimum Gasteiger partial charge on any atom is -0.428 e. The summed E-state index contributed by atoms with van der Waals surface area (Å²) < 4.78 is 1.20. The van der Waals surface area contributed by atoms with Gasteiger partial charge in [-0.2, -0.15) is 4.73 Å². The van der Waals surface area contributed by atoms with Crippen molar-refractivity contribution in [2.45, 2.75) is 6.92 Å². The van der Waals surface area contributed by atoms with E-state index in [-0.39, 0.29) is 0 Å². The van der Waals surface area contributed by atoms with Crippen LogP contribution in [0.25, 0.3) is 34.2 Å². The van der Waals surface area contributed by atoms with E-state index >= 15 is 0 Å². The summed E-state index contributed by atoms with van der Waals surface area (Å²) in [6, 6.07) is 16.3. The molecule has 0 fully saturated rings. The topological polar surface area (TPSA) is 25.2 Å². The van der Waals surface area contributed by atoms with E-state index in [4.69, 9.17) is 0 Å². The average molecular weight is 275 g/mol. The van der Waals surface area contributed by atoms with E-state index in [0.29, 0.717) is 5.69 Å². The van der Waals surface area contributed by atoms with Gasteiger partial charge >= 0.3 is 0 Å². The van der Waals surface area contributed by atoms with Crippen molar-refractivity contribution >= 4 is 23.1 Å². The molecule has 21 heavy (non-hydrogen) atoms. The molecular formula is C19H17NO. The Hall–Kier alpha value is -2.74. The fraction of sp³-hybridized carbons (Fsp3) is 0.0526. The van der Waals surface area contributed by atoms with Crippen LogP contribution in [-0.4, -0.2) is 9.94 Å². The van der Waals surface area contributed by atoms with Crippen LogP contribution in [0.3, 0.4) is 0 Å². The third kappa shape index (κ3) is 2.15. The fourth-order valence-corrected chi connectivity index (χ4v) is 2.67. The summed E-state index contributed by atoms with van der Waals surface area (Å²) in [5.74, 6) is 0. The monoisotopic (exact) mass is 275 g/mol. The van der Waals surface area contributed by atoms with Gasteiger partial charge in [-0.3, -0.25) is 0 Å². The first kappa shape index (κ1) is 13.3. The predicted molar refractivity (Wildman–Crippen MR) is 89.4 cm³/mol. The van der Waals surface area contributed by atoms with E-state index in [1.165, 1.54) is 4.73 Å². The van der Waals surface area contributed by atoms with E-state index in [2.05, 4.69) is 24.8 Å². The Morgan fingerprint density at radius 1 is 1.05 bits per heavy atom. The molecule has 0 bridgehead atoms. The van der Waals surface area contributed by atoms with E-state index in [0.717, 1.165) is 27.6 Å². The molecule has 2 aromatic carbocycles. The number of nitrogens with zero attached hydrogens (tertiary/aromatic N) is 1. The molecule has 0 unspecified atom stereocenters. The summed E-state index contributed by atoms with van der Waals surface area (Å²) in [5.41, 5.74) is 4.79. The number of fused-ring (bicyclic) bond motifs is 1. The Morgan fingerprint density at radius 2 is 1.81 bits per heavy atom. The number of hydrogen-bond donors (Lipinski definition) is 1. The zero-order chi connectivity index (χ0) is 14.8. The van der Waals surface area contributed by atoms with Crippen LogP contribution in [0.15, 0.2) is 61.2 Å². The highest BCUT2D eigenvalue weighted by molar-refractivity contribution is 5.96. The van der Waals surface area contributed by atoms with Gasteiger partial charge in [-0.25, -0.2) is 0 Å². The minimum absolute atomic E-state index is 0.716. The van der Waals surface area contributed by atoms with Crippen LogP contribution in [-0.2, 0) is 0 Å². The van der Waals surface area contributed by atoms with Gasteiger partial charge in [0.1, 0.15) is 0 Å². The Balaban J connectivity index is 2.30. The molecule has 0 spiro atoms. The molecule has 1 heterocycles. The van der Waals surface area contributed by atoms with E-state index in [1.807, 2.05) is 49.4 Å². The van der Waals surface area contributed by atoms with Crippen molar-refractivity contribution in [3.63, 3.8) is 0 Å². The number of rotatable bonds is 3. The molecule has 0 aliphatic heterocycles. The summed E-state index contributed by atoms with van der Waals surface area (Å²) in [6.45, 7) is 5.76. The normalized spacial score (nSPS) is 11.3. The van der Waals surface area contributed by atoms with Crippen LogP contribution in [0.5, 0.6) is 0 Å². The highest BCUT2D eigenvalue weighted by Crippen LogP contribution is 2.31. The van der Waals surface area contributed by atoms with Gasteiger partial charge in [0, 0.05) is 10.9 Å². The second-order valence-corrected chi connectivity index (χ2v) is 4.91. The highest BCUT2D eigenvalue weighted by Gasteiger charge is 2.13. The maximum absolute atomic E-state index is 10.3. The van der Waals surface area contributed by atoms with Crippen molar-refractivity contribution in [2.75, 3.05) is 0 Å². The standard InChI is InChI=1S/C19H17NO/c1-3-8-16-17-13-15(14-9-6-5-7-10-14)11-12-19(17)20(21)18(16)4-2/h3-13,21H,2H2,1H3/b8-3-. The quantitative estimate of drug-likeness (QED) is 0.651. The van der Waals surface area contributed by atoms with Crippen LogP contribution in [0.1, 0.15) is 18.2 Å². The lowest BCUT2D eigenvalue weighted by Gasteiger charge is -2.02. The van der Waals surface area contributed by atoms with E-state index in [1.54, 1.807) is 6.08 Å². The van der Waals surface area contributed by atoms with Gasteiger partial charge in [-0.1, -0.05) is 55.1 Å². The van der Waals surface area contributed by atoms with Gasteiger partial charge in [0.25, 0.3) is 0 Å². The first-order chi connectivity index (χ1) is 10.3. The molecule has 0 saturated carbocycles. The molecule has 2 heteroatoms. The first-order valence-corrected chi connectivity index (χ1v) is 6.94. The van der Waals surface area contributed by atoms with Crippen LogP contribution in [0, 0.1) is 0 Å². The predicted octanol–water partition coefficient (Wildman–Crippen LogP) is 5.22. The number of aromatic nitrogens is 1. The highest BCUT2D eigenvalue weighted by atomic mass is 16.5. The third-order valence-electron chi connectivity index (χ3n) is 3.65. The molecule has 1 aromatic heterocycles. The lowest BCUT2D eigenvalue weighted by molar-refractivity contribution is 0.198. The SMILES string of the molecule is C=Cc1c(/C=C\C)c2cc(-c3ccccc3)ccc2n1O. The maximum Gasteiger partial charge on any atom is 0.0879 e. The smallest absolute Gasteiger partial charge is 0.0879 e. The Morgan fingerprint density at radius 3 is 2.48 bits per heavy atom. The molecule has 0 amide bonds. The summed E-state index contributed by atoms with van der Waals surface area (Å²) in [7, 11) is 0. The second-order valence-electron chi connectivity index (χ2n) is 4.91. The maximum atomic E-state index is 10.3. The number of hydrogen-bond acceptors (Lipinski definition) is 1. The van der Waals surface area contributed by atoms with Gasteiger partial charge in [-0.05, 0) is 36.3 Å². The Labute approximate surface area is 124 Å². The van der Waals surface area contributed by atoms with Crippen molar-refractivity contribution in [1.29, 1.82) is 0 Å². The molecule has 0 saturated heterocycles. The number of allylic oxidation sites excluding steroid dienone is 1. The Kier molecular flexibility index (Phi) is 3.36. The molecule has 1 N–H and O–H groups in total. The van der Waals surface area contributed by atoms with Gasteiger partial charge in [-0.15, -0.1) is 0 Å². The van der Waals surface area contributed by atoms with E-state index < -0.39 is 0 Å². The van der Waals surface area contributed by atoms with Crippen molar-refractivity contribution in [2.24, 2.45) is 0 Å². The lowest BCUT2D eigenvalue weighted by atomic mass is 10.0. The van der Waals surface area contributed by atoms with Gasteiger partial charge in [0.2, 0.25) is 0 Å². The van der Waals surface area contributed by atoms with Crippen molar-refractivity contribution in [3.8, 4) is 11.1 Å². The van der Waals surface area contributed by atoms with Crippen molar-refractivity contribution in [1.82, 2.24) is 4.73 Å². The molecule has 0 aliphatic carbocycles. The van der Waals surface area contributed by atoms with Crippen molar-refractivity contribution in [3.05, 3.63) is 72.4 Å². The molecule has 0 atom stereocenters. The molecule has 104 valence electrons. The zero-order valence-corrected chi connectivity index (χ0v) is 12.0. The third-order valence-corrected chi connectivity index (χ3v) is 3.65. The summed E-state index contributed by atoms with van der Waals surface area (Å²) in [5, 5.41) is 11.3. The van der Waals surface area contributed by atoms with Gasteiger partial charge in [0.15, 0.2) is 0 Å². The zero-order valence-electron chi connectivity index (χ0n) is 12.0. The van der Waals surface area contributed by atoms with Crippen LogP contribution >= 0.6 is 0 Å². The van der Waals surface area contributed by atoms with Crippen molar-refractivity contribution < 1.29 is 5.21 Å².